The molecule has 3 aliphatic rings. The fourth-order valence-electron chi connectivity index (χ4n) is 3.99. The normalized spacial score (nSPS) is 29.1. The summed E-state index contributed by atoms with van der Waals surface area (Å²) in [7, 11) is 0. The third-order valence-electron chi connectivity index (χ3n) is 5.29. The van der Waals surface area contributed by atoms with Crippen LogP contribution in [0.2, 0.25) is 0 Å². The molecule has 0 bridgehead atoms. The fourth-order valence-corrected chi connectivity index (χ4v) is 3.99. The summed E-state index contributed by atoms with van der Waals surface area (Å²) in [5.41, 5.74) is 2.77. The van der Waals surface area contributed by atoms with Crippen LogP contribution in [0.3, 0.4) is 0 Å². The van der Waals surface area contributed by atoms with Crippen LogP contribution < -0.4 is 4.90 Å². The van der Waals surface area contributed by atoms with E-state index in [-0.39, 0.29) is 6.10 Å². The summed E-state index contributed by atoms with van der Waals surface area (Å²) in [6, 6.07) is 8.81. The first kappa shape index (κ1) is 16.3. The molecule has 2 atom stereocenters. The molecular formula is C19H28N2O3. The van der Waals surface area contributed by atoms with E-state index in [2.05, 4.69) is 34.1 Å². The predicted octanol–water partition coefficient (Wildman–Crippen LogP) is 1.90. The molecule has 3 fully saturated rings. The number of benzene rings is 1. The van der Waals surface area contributed by atoms with Crippen LogP contribution in [0.5, 0.6) is 0 Å². The Morgan fingerprint density at radius 2 is 1.75 bits per heavy atom. The van der Waals surface area contributed by atoms with Crippen molar-refractivity contribution < 1.29 is 14.2 Å². The molecular weight excluding hydrogens is 304 g/mol. The van der Waals surface area contributed by atoms with Crippen LogP contribution in [0, 0.1) is 0 Å². The van der Waals surface area contributed by atoms with Gasteiger partial charge >= 0.3 is 0 Å². The van der Waals surface area contributed by atoms with Gasteiger partial charge in [-0.25, -0.2) is 0 Å². The van der Waals surface area contributed by atoms with E-state index in [1.807, 2.05) is 0 Å². The monoisotopic (exact) mass is 332 g/mol. The molecule has 4 rings (SSSR count). The van der Waals surface area contributed by atoms with Gasteiger partial charge < -0.3 is 19.1 Å². The maximum absolute atomic E-state index is 5.98. The Balaban J connectivity index is 1.42. The van der Waals surface area contributed by atoms with E-state index >= 15 is 0 Å². The van der Waals surface area contributed by atoms with E-state index in [0.29, 0.717) is 6.10 Å². The first-order chi connectivity index (χ1) is 11.9. The predicted molar refractivity (Wildman–Crippen MR) is 93.5 cm³/mol. The van der Waals surface area contributed by atoms with Crippen molar-refractivity contribution in [2.24, 2.45) is 0 Å². The molecule has 0 aromatic heterocycles. The highest BCUT2D eigenvalue weighted by atomic mass is 16.5. The first-order valence-electron chi connectivity index (χ1n) is 9.26. The summed E-state index contributed by atoms with van der Waals surface area (Å²) in [5, 5.41) is 0. The molecule has 5 nitrogen and oxygen atoms in total. The van der Waals surface area contributed by atoms with Gasteiger partial charge in [-0.2, -0.15) is 0 Å². The summed E-state index contributed by atoms with van der Waals surface area (Å²) in [6.45, 7) is 8.29. The van der Waals surface area contributed by atoms with Crippen LogP contribution in [0.25, 0.3) is 0 Å². The number of anilines is 1. The number of ether oxygens (including phenoxy) is 3. The summed E-state index contributed by atoms with van der Waals surface area (Å²) < 4.78 is 17.3. The Labute approximate surface area is 144 Å². The van der Waals surface area contributed by atoms with Gasteiger partial charge in [-0.05, 0) is 24.5 Å². The molecule has 0 unspecified atom stereocenters. The van der Waals surface area contributed by atoms with Crippen molar-refractivity contribution in [1.82, 2.24) is 4.90 Å². The Morgan fingerprint density at radius 3 is 2.58 bits per heavy atom. The van der Waals surface area contributed by atoms with E-state index in [1.54, 1.807) is 0 Å². The molecule has 3 aliphatic heterocycles. The van der Waals surface area contributed by atoms with Crippen molar-refractivity contribution in [2.45, 2.75) is 31.6 Å². The van der Waals surface area contributed by atoms with Crippen LogP contribution in [-0.2, 0) is 20.8 Å². The fraction of sp³-hybridized carbons (Fsp3) is 0.684. The maximum atomic E-state index is 5.98. The van der Waals surface area contributed by atoms with Crippen molar-refractivity contribution in [3.8, 4) is 0 Å². The smallest absolute Gasteiger partial charge is 0.0963 e. The number of morpholine rings is 2. The summed E-state index contributed by atoms with van der Waals surface area (Å²) in [5.74, 6) is 0. The van der Waals surface area contributed by atoms with Gasteiger partial charge in [0.25, 0.3) is 0 Å². The number of hydrogen-bond acceptors (Lipinski definition) is 5. The maximum Gasteiger partial charge on any atom is 0.0963 e. The van der Waals surface area contributed by atoms with Crippen LogP contribution in [-0.4, -0.2) is 69.7 Å². The zero-order valence-corrected chi connectivity index (χ0v) is 14.4. The molecule has 5 heteroatoms. The van der Waals surface area contributed by atoms with Gasteiger partial charge in [-0.3, -0.25) is 4.90 Å². The van der Waals surface area contributed by atoms with Gasteiger partial charge in [0.15, 0.2) is 0 Å². The molecule has 3 saturated heterocycles. The van der Waals surface area contributed by atoms with Gasteiger partial charge in [0.05, 0.1) is 32.0 Å². The van der Waals surface area contributed by atoms with Crippen LogP contribution in [0.4, 0.5) is 5.69 Å². The second-order valence-electron chi connectivity index (χ2n) is 6.92. The van der Waals surface area contributed by atoms with E-state index in [0.717, 1.165) is 65.6 Å². The van der Waals surface area contributed by atoms with E-state index in [9.17, 15) is 0 Å². The molecule has 1 aromatic rings. The summed E-state index contributed by atoms with van der Waals surface area (Å²) in [6.07, 6.45) is 2.84. The van der Waals surface area contributed by atoms with E-state index in [1.165, 1.54) is 17.7 Å². The first-order valence-corrected chi connectivity index (χ1v) is 9.26. The van der Waals surface area contributed by atoms with Crippen molar-refractivity contribution >= 4 is 5.69 Å². The van der Waals surface area contributed by atoms with Crippen molar-refractivity contribution in [1.29, 1.82) is 0 Å². The second-order valence-corrected chi connectivity index (χ2v) is 6.92. The third-order valence-corrected chi connectivity index (χ3v) is 5.29. The Morgan fingerprint density at radius 1 is 0.917 bits per heavy atom. The lowest BCUT2D eigenvalue weighted by molar-refractivity contribution is -0.0959. The molecule has 0 amide bonds. The van der Waals surface area contributed by atoms with Gasteiger partial charge in [0, 0.05) is 45.0 Å². The van der Waals surface area contributed by atoms with Gasteiger partial charge in [-0.1, -0.05) is 18.2 Å². The zero-order chi connectivity index (χ0) is 16.2. The zero-order valence-electron chi connectivity index (χ0n) is 14.4. The second kappa shape index (κ2) is 7.83. The van der Waals surface area contributed by atoms with Crippen LogP contribution >= 0.6 is 0 Å². The highest BCUT2D eigenvalue weighted by Gasteiger charge is 2.31. The number of nitrogens with zero attached hydrogens (tertiary/aromatic N) is 2. The summed E-state index contributed by atoms with van der Waals surface area (Å²) in [4.78, 5) is 4.98. The van der Waals surface area contributed by atoms with E-state index in [4.69, 9.17) is 14.2 Å². The highest BCUT2D eigenvalue weighted by molar-refractivity contribution is 5.53. The average molecular weight is 332 g/mol. The standard InChI is InChI=1S/C19H28N2O3/c1-2-5-17(21-8-11-22-12-9-21)16(4-1)14-20-7-13-24-19(15-20)18-6-3-10-23-18/h1-2,4-5,18-19H,3,6-15H2/t18-,19+/m1/s1. The Hall–Kier alpha value is -1.14. The molecule has 1 aromatic carbocycles. The van der Waals surface area contributed by atoms with Crippen molar-refractivity contribution in [3.05, 3.63) is 29.8 Å². The molecule has 0 aliphatic carbocycles. The lowest BCUT2D eigenvalue weighted by Crippen LogP contribution is -2.47. The minimum atomic E-state index is 0.233. The minimum absolute atomic E-state index is 0.233. The van der Waals surface area contributed by atoms with Crippen LogP contribution in [0.1, 0.15) is 18.4 Å². The van der Waals surface area contributed by atoms with Gasteiger partial charge in [0.1, 0.15) is 0 Å². The van der Waals surface area contributed by atoms with Crippen molar-refractivity contribution in [3.63, 3.8) is 0 Å². The van der Waals surface area contributed by atoms with Crippen molar-refractivity contribution in [2.75, 3.05) is 57.5 Å². The average Bonchev–Trinajstić information content (AvgIpc) is 3.18. The highest BCUT2D eigenvalue weighted by Crippen LogP contribution is 2.25. The quantitative estimate of drug-likeness (QED) is 0.841. The minimum Gasteiger partial charge on any atom is -0.378 e. The molecule has 0 saturated carbocycles. The molecule has 0 spiro atoms. The molecule has 3 heterocycles. The molecule has 132 valence electrons. The number of rotatable bonds is 4. The van der Waals surface area contributed by atoms with E-state index < -0.39 is 0 Å². The lowest BCUT2D eigenvalue weighted by Gasteiger charge is -2.36. The molecule has 24 heavy (non-hydrogen) atoms. The van der Waals surface area contributed by atoms with Crippen LogP contribution in [0.15, 0.2) is 24.3 Å². The number of para-hydroxylation sites is 1. The topological polar surface area (TPSA) is 34.2 Å². The van der Waals surface area contributed by atoms with Gasteiger partial charge in [0.2, 0.25) is 0 Å². The van der Waals surface area contributed by atoms with Gasteiger partial charge in [-0.15, -0.1) is 0 Å². The lowest BCUT2D eigenvalue weighted by atomic mass is 10.1. The molecule has 0 N–H and O–H groups in total. The molecule has 0 radical (unpaired) electrons. The summed E-state index contributed by atoms with van der Waals surface area (Å²) >= 11 is 0. The number of hydrogen-bond donors (Lipinski definition) is 0. The largest absolute Gasteiger partial charge is 0.378 e. The Bertz CT molecular complexity index is 527. The Kier molecular flexibility index (Phi) is 5.33. The third kappa shape index (κ3) is 3.75. The SMILES string of the molecule is c1ccc(N2CCOCC2)c(CN2CCO[C@H]([C@H]3CCCO3)C2)c1.